The summed E-state index contributed by atoms with van der Waals surface area (Å²) in [6.07, 6.45) is 5.44. The summed E-state index contributed by atoms with van der Waals surface area (Å²) >= 11 is 0. The van der Waals surface area contributed by atoms with Gasteiger partial charge >= 0.3 is 12.1 Å². The third-order valence-corrected chi connectivity index (χ3v) is 7.53. The van der Waals surface area contributed by atoms with Crippen LogP contribution >= 0.6 is 0 Å². The molecular weight excluding hydrogens is 549 g/mol. The van der Waals surface area contributed by atoms with Crippen LogP contribution in [-0.2, 0) is 25.3 Å². The number of halogens is 3. The van der Waals surface area contributed by atoms with Gasteiger partial charge in [-0.15, -0.1) is 0 Å². The molecule has 7 nitrogen and oxygen atoms in total. The van der Waals surface area contributed by atoms with Crippen molar-refractivity contribution in [2.75, 3.05) is 13.2 Å². The zero-order valence-corrected chi connectivity index (χ0v) is 25.6. The Hall–Kier alpha value is -2.75. The molecular formula is C32H49F3N2O5. The van der Waals surface area contributed by atoms with E-state index in [0.29, 0.717) is 25.8 Å². The highest BCUT2D eigenvalue weighted by atomic mass is 19.4. The average molecular weight is 599 g/mol. The lowest BCUT2D eigenvalue weighted by Crippen LogP contribution is -2.44. The van der Waals surface area contributed by atoms with Crippen LogP contribution < -0.4 is 11.1 Å². The molecule has 1 amide bonds. The molecule has 0 saturated carbocycles. The largest absolute Gasteiger partial charge is 0.454 e. The highest BCUT2D eigenvalue weighted by Gasteiger charge is 2.36. The molecule has 0 aliphatic heterocycles. The monoisotopic (exact) mass is 598 g/mol. The summed E-state index contributed by atoms with van der Waals surface area (Å²) in [5, 5.41) is 2.85. The van der Waals surface area contributed by atoms with Crippen molar-refractivity contribution < 1.29 is 37.1 Å². The summed E-state index contributed by atoms with van der Waals surface area (Å²) in [6.45, 7) is 6.54. The Morgan fingerprint density at radius 3 is 2.12 bits per heavy atom. The first kappa shape index (κ1) is 37.3. The Morgan fingerprint density at radius 1 is 0.881 bits per heavy atom. The SMILES string of the molecule is CCCCCCCCCC(C)C(=O)NC(CCCCN)C(=O)C[C@@H](C)C(=O)COC(=O)c1c(C)cccc1C(F)(F)F. The second kappa shape index (κ2) is 19.4. The molecule has 0 saturated heterocycles. The van der Waals surface area contributed by atoms with Crippen molar-refractivity contribution in [3.05, 3.63) is 34.9 Å². The standard InChI is InChI=1S/C32H49F3N2O5/c1-5-6-7-8-9-10-11-15-23(3)30(40)37-26(18-12-13-19-36)27(38)20-24(4)28(39)21-42-31(41)29-22(2)16-14-17-25(29)32(33,34)35/h14,16-17,23-24,26H,5-13,15,18-21,36H2,1-4H3,(H,37,40)/t23?,24-,26?/m1/s1. The van der Waals surface area contributed by atoms with Crippen molar-refractivity contribution >= 4 is 23.4 Å². The first-order valence-electron chi connectivity index (χ1n) is 15.2. The van der Waals surface area contributed by atoms with Gasteiger partial charge in [0.05, 0.1) is 17.2 Å². The fourth-order valence-electron chi connectivity index (χ4n) is 4.74. The van der Waals surface area contributed by atoms with Crippen LogP contribution in [0.1, 0.15) is 119 Å². The number of nitrogens with two attached hydrogens (primary N) is 1. The Kier molecular flexibility index (Phi) is 17.3. The van der Waals surface area contributed by atoms with Crippen LogP contribution in [0.4, 0.5) is 13.2 Å². The summed E-state index contributed by atoms with van der Waals surface area (Å²) in [5.74, 6) is -3.50. The summed E-state index contributed by atoms with van der Waals surface area (Å²) in [6, 6.07) is 2.54. The van der Waals surface area contributed by atoms with Gasteiger partial charge in [0.15, 0.2) is 18.2 Å². The first-order valence-corrected chi connectivity index (χ1v) is 15.2. The Morgan fingerprint density at radius 2 is 1.50 bits per heavy atom. The number of carbonyl (C=O) groups excluding carboxylic acids is 4. The van der Waals surface area contributed by atoms with Crippen molar-refractivity contribution in [1.29, 1.82) is 0 Å². The van der Waals surface area contributed by atoms with E-state index in [4.69, 9.17) is 10.5 Å². The van der Waals surface area contributed by atoms with Gasteiger partial charge in [0.2, 0.25) is 5.91 Å². The lowest BCUT2D eigenvalue weighted by atomic mass is 9.93. The van der Waals surface area contributed by atoms with Crippen LogP contribution in [0.2, 0.25) is 0 Å². The zero-order chi connectivity index (χ0) is 31.7. The van der Waals surface area contributed by atoms with Gasteiger partial charge in [-0.25, -0.2) is 4.79 Å². The number of carbonyl (C=O) groups is 4. The predicted molar refractivity (Wildman–Crippen MR) is 157 cm³/mol. The summed E-state index contributed by atoms with van der Waals surface area (Å²) in [4.78, 5) is 51.1. The first-order chi connectivity index (χ1) is 19.8. The lowest BCUT2D eigenvalue weighted by Gasteiger charge is -2.22. The summed E-state index contributed by atoms with van der Waals surface area (Å²) in [5.41, 5.74) is 3.88. The molecule has 3 N–H and O–H groups in total. The minimum absolute atomic E-state index is 0.0720. The van der Waals surface area contributed by atoms with Crippen LogP contribution in [0.15, 0.2) is 18.2 Å². The number of benzene rings is 1. The van der Waals surface area contributed by atoms with Crippen molar-refractivity contribution in [3.63, 3.8) is 0 Å². The Labute approximate surface area is 248 Å². The van der Waals surface area contributed by atoms with Crippen molar-refractivity contribution in [2.24, 2.45) is 17.6 Å². The van der Waals surface area contributed by atoms with Crippen LogP contribution in [0.5, 0.6) is 0 Å². The predicted octanol–water partition coefficient (Wildman–Crippen LogP) is 6.73. The molecule has 0 spiro atoms. The van der Waals surface area contributed by atoms with Gasteiger partial charge in [-0.05, 0) is 50.8 Å². The van der Waals surface area contributed by atoms with E-state index in [1.165, 1.54) is 51.7 Å². The van der Waals surface area contributed by atoms with Crippen molar-refractivity contribution in [2.45, 2.75) is 117 Å². The fraction of sp³-hybridized carbons (Fsp3) is 0.688. The minimum atomic E-state index is -4.76. The van der Waals surface area contributed by atoms with Crippen LogP contribution in [0.3, 0.4) is 0 Å². The van der Waals surface area contributed by atoms with E-state index in [-0.39, 0.29) is 29.6 Å². The van der Waals surface area contributed by atoms with Gasteiger partial charge in [-0.3, -0.25) is 14.4 Å². The Balaban J connectivity index is 2.70. The molecule has 1 rings (SSSR count). The van der Waals surface area contributed by atoms with Crippen LogP contribution in [0, 0.1) is 18.8 Å². The van der Waals surface area contributed by atoms with Gasteiger partial charge in [-0.2, -0.15) is 13.2 Å². The molecule has 0 radical (unpaired) electrons. The van der Waals surface area contributed by atoms with E-state index in [2.05, 4.69) is 12.2 Å². The van der Waals surface area contributed by atoms with Gasteiger partial charge < -0.3 is 15.8 Å². The number of amides is 1. The minimum Gasteiger partial charge on any atom is -0.454 e. The number of rotatable bonds is 21. The topological polar surface area (TPSA) is 116 Å². The summed E-state index contributed by atoms with van der Waals surface area (Å²) < 4.78 is 45.0. The number of ketones is 2. The van der Waals surface area contributed by atoms with E-state index >= 15 is 0 Å². The molecule has 0 aliphatic rings. The zero-order valence-electron chi connectivity index (χ0n) is 25.6. The molecule has 10 heteroatoms. The molecule has 0 heterocycles. The van der Waals surface area contributed by atoms with E-state index in [1.807, 2.05) is 6.92 Å². The van der Waals surface area contributed by atoms with E-state index in [0.717, 1.165) is 31.7 Å². The number of hydrogen-bond acceptors (Lipinski definition) is 6. The van der Waals surface area contributed by atoms with Gasteiger partial charge in [0, 0.05) is 18.3 Å². The van der Waals surface area contributed by atoms with E-state index < -0.39 is 47.6 Å². The highest BCUT2D eigenvalue weighted by Crippen LogP contribution is 2.33. The quantitative estimate of drug-likeness (QED) is 0.120. The molecule has 3 atom stereocenters. The number of nitrogens with one attached hydrogen (secondary N) is 1. The highest BCUT2D eigenvalue weighted by molar-refractivity contribution is 5.96. The molecule has 0 aromatic heterocycles. The third-order valence-electron chi connectivity index (χ3n) is 7.53. The lowest BCUT2D eigenvalue weighted by molar-refractivity contribution is -0.138. The van der Waals surface area contributed by atoms with E-state index in [1.54, 1.807) is 0 Å². The molecule has 1 aromatic carbocycles. The number of esters is 1. The smallest absolute Gasteiger partial charge is 0.417 e. The molecule has 238 valence electrons. The maximum atomic E-state index is 13.4. The normalized spacial score (nSPS) is 13.7. The van der Waals surface area contributed by atoms with Gasteiger partial charge in [-0.1, -0.05) is 77.8 Å². The average Bonchev–Trinajstić information content (AvgIpc) is 2.93. The molecule has 0 bridgehead atoms. The van der Waals surface area contributed by atoms with Crippen molar-refractivity contribution in [1.82, 2.24) is 5.32 Å². The summed E-state index contributed by atoms with van der Waals surface area (Å²) in [7, 11) is 0. The molecule has 0 aliphatic carbocycles. The van der Waals surface area contributed by atoms with Gasteiger partial charge in [0.1, 0.15) is 0 Å². The van der Waals surface area contributed by atoms with Crippen LogP contribution in [0.25, 0.3) is 0 Å². The number of hydrogen-bond donors (Lipinski definition) is 2. The van der Waals surface area contributed by atoms with E-state index in [9.17, 15) is 32.3 Å². The van der Waals surface area contributed by atoms with Gasteiger partial charge in [0.25, 0.3) is 0 Å². The molecule has 42 heavy (non-hydrogen) atoms. The molecule has 2 unspecified atom stereocenters. The molecule has 1 aromatic rings. The number of alkyl halides is 3. The van der Waals surface area contributed by atoms with Crippen LogP contribution in [-0.4, -0.2) is 42.6 Å². The maximum absolute atomic E-state index is 13.4. The second-order valence-electron chi connectivity index (χ2n) is 11.3. The number of ether oxygens (including phenoxy) is 1. The maximum Gasteiger partial charge on any atom is 0.417 e. The third kappa shape index (κ3) is 13.5. The molecule has 0 fully saturated rings. The Bertz CT molecular complexity index is 1010. The van der Waals surface area contributed by atoms with Crippen molar-refractivity contribution in [3.8, 4) is 0 Å². The fourth-order valence-corrected chi connectivity index (χ4v) is 4.74. The number of aryl methyl sites for hydroxylation is 1. The number of unbranched alkanes of at least 4 members (excludes halogenated alkanes) is 7. The second-order valence-corrected chi connectivity index (χ2v) is 11.3. The number of Topliss-reactive ketones (excluding diaryl/α,β-unsaturated/α-hetero) is 2.